The number of nitrogens with one attached hydrogen (secondary N) is 1. The summed E-state index contributed by atoms with van der Waals surface area (Å²) in [6.07, 6.45) is 9.65. The summed E-state index contributed by atoms with van der Waals surface area (Å²) in [6.45, 7) is 5.05. The topological polar surface area (TPSA) is 101 Å². The van der Waals surface area contributed by atoms with Gasteiger partial charge in [0.05, 0.1) is 17.9 Å². The van der Waals surface area contributed by atoms with Gasteiger partial charge < -0.3 is 10.2 Å². The van der Waals surface area contributed by atoms with Gasteiger partial charge in [0.1, 0.15) is 5.69 Å². The molecular weight excluding hydrogens is 416 g/mol. The van der Waals surface area contributed by atoms with Crippen LogP contribution in [-0.4, -0.2) is 38.3 Å². The Balaban J connectivity index is 1.41. The first-order valence-electron chi connectivity index (χ1n) is 11.2. The number of carbonyl (C=O) groups is 2. The third kappa shape index (κ3) is 4.33. The first-order valence-corrected chi connectivity index (χ1v) is 11.2. The van der Waals surface area contributed by atoms with Gasteiger partial charge in [0.25, 0.3) is 5.91 Å². The van der Waals surface area contributed by atoms with Crippen LogP contribution in [0.5, 0.6) is 0 Å². The largest absolute Gasteiger partial charge is 0.345 e. The van der Waals surface area contributed by atoms with Crippen molar-refractivity contribution in [1.29, 1.82) is 0 Å². The van der Waals surface area contributed by atoms with E-state index < -0.39 is 0 Å². The van der Waals surface area contributed by atoms with Gasteiger partial charge in [0.15, 0.2) is 5.82 Å². The van der Waals surface area contributed by atoms with Crippen LogP contribution in [0, 0.1) is 5.41 Å². The highest BCUT2D eigenvalue weighted by molar-refractivity contribution is 5.99. The summed E-state index contributed by atoms with van der Waals surface area (Å²) in [5, 5.41) is 3.18. The van der Waals surface area contributed by atoms with Gasteiger partial charge in [-0.3, -0.25) is 14.6 Å². The molecule has 3 heterocycles. The van der Waals surface area contributed by atoms with Crippen LogP contribution in [0.1, 0.15) is 60.8 Å². The highest BCUT2D eigenvalue weighted by atomic mass is 16.2. The molecule has 168 valence electrons. The highest BCUT2D eigenvalue weighted by Crippen LogP contribution is 2.40. The van der Waals surface area contributed by atoms with Crippen molar-refractivity contribution in [2.75, 3.05) is 11.4 Å². The minimum Gasteiger partial charge on any atom is -0.345 e. The fourth-order valence-electron chi connectivity index (χ4n) is 4.69. The summed E-state index contributed by atoms with van der Waals surface area (Å²) in [6, 6.07) is 7.07. The number of anilines is 1. The number of amides is 2. The molecule has 2 amide bonds. The van der Waals surface area contributed by atoms with Crippen molar-refractivity contribution in [2.45, 2.75) is 45.6 Å². The van der Waals surface area contributed by atoms with Crippen molar-refractivity contribution in [3.63, 3.8) is 0 Å². The normalized spacial score (nSPS) is 19.3. The summed E-state index contributed by atoms with van der Waals surface area (Å²) in [5.41, 5.74) is 3.74. The van der Waals surface area contributed by atoms with Crippen LogP contribution >= 0.6 is 0 Å². The number of aromatic nitrogens is 4. The molecule has 2 aliphatic rings. The molecule has 0 bridgehead atoms. The maximum absolute atomic E-state index is 13.2. The fraction of sp³-hybridized carbons (Fsp3) is 0.360. The van der Waals surface area contributed by atoms with Gasteiger partial charge in [0.2, 0.25) is 5.91 Å². The van der Waals surface area contributed by atoms with Crippen molar-refractivity contribution in [3.05, 3.63) is 65.9 Å². The zero-order valence-electron chi connectivity index (χ0n) is 18.8. The summed E-state index contributed by atoms with van der Waals surface area (Å²) in [5.74, 6) is 0.467. The van der Waals surface area contributed by atoms with E-state index in [4.69, 9.17) is 4.98 Å². The second-order valence-corrected chi connectivity index (χ2v) is 9.46. The molecule has 8 nitrogen and oxygen atoms in total. The second kappa shape index (κ2) is 8.35. The molecule has 1 aliphatic carbocycles. The lowest BCUT2D eigenvalue weighted by Crippen LogP contribution is -2.37. The molecule has 1 saturated heterocycles. The fourth-order valence-corrected chi connectivity index (χ4v) is 4.69. The lowest BCUT2D eigenvalue weighted by atomic mass is 9.74. The summed E-state index contributed by atoms with van der Waals surface area (Å²) < 4.78 is 0. The maximum Gasteiger partial charge on any atom is 0.251 e. The Morgan fingerprint density at radius 3 is 2.82 bits per heavy atom. The van der Waals surface area contributed by atoms with Gasteiger partial charge in [-0.2, -0.15) is 0 Å². The van der Waals surface area contributed by atoms with Crippen molar-refractivity contribution >= 4 is 17.5 Å². The second-order valence-electron chi connectivity index (χ2n) is 9.46. The summed E-state index contributed by atoms with van der Waals surface area (Å²) >= 11 is 0. The monoisotopic (exact) mass is 442 g/mol. The molecule has 2 aromatic heterocycles. The van der Waals surface area contributed by atoms with Crippen molar-refractivity contribution < 1.29 is 9.59 Å². The Morgan fingerprint density at radius 2 is 2.06 bits per heavy atom. The Labute approximate surface area is 192 Å². The van der Waals surface area contributed by atoms with E-state index in [0.717, 1.165) is 36.2 Å². The van der Waals surface area contributed by atoms with E-state index in [9.17, 15) is 9.59 Å². The predicted octanol–water partition coefficient (Wildman–Crippen LogP) is 3.50. The molecule has 1 aliphatic heterocycles. The molecule has 0 unspecified atom stereocenters. The van der Waals surface area contributed by atoms with Gasteiger partial charge in [-0.15, -0.1) is 0 Å². The minimum absolute atomic E-state index is 0.0389. The number of hydrogen-bond acceptors (Lipinski definition) is 6. The number of benzene rings is 1. The van der Waals surface area contributed by atoms with E-state index in [1.54, 1.807) is 41.8 Å². The first kappa shape index (κ1) is 21.2. The SMILES string of the molecule is CC1(C)Cc2nc(-c3cnccn3)ncc2[C@@H](NC(=O)c2cccc(N3CCCC3=O)c2)C1. The van der Waals surface area contributed by atoms with Crippen LogP contribution in [0.3, 0.4) is 0 Å². The molecule has 0 spiro atoms. The van der Waals surface area contributed by atoms with Gasteiger partial charge in [0, 0.05) is 48.4 Å². The molecule has 1 fully saturated rings. The van der Waals surface area contributed by atoms with Crippen LogP contribution < -0.4 is 10.2 Å². The Kier molecular flexibility index (Phi) is 5.36. The number of nitrogens with zero attached hydrogens (tertiary/aromatic N) is 5. The molecule has 3 aromatic rings. The lowest BCUT2D eigenvalue weighted by Gasteiger charge is -2.36. The van der Waals surface area contributed by atoms with Gasteiger partial charge in [-0.05, 0) is 42.9 Å². The standard InChI is InChI=1S/C25H26N6O2/c1-25(2)12-19-18(14-28-23(29-19)21-15-26-8-9-27-21)20(13-25)30-24(33)16-5-3-6-17(11-16)31-10-4-7-22(31)32/h3,5-6,8-9,11,14-15,20H,4,7,10,12-13H2,1-2H3,(H,30,33)/t20-/m0/s1. The molecule has 8 heteroatoms. The predicted molar refractivity (Wildman–Crippen MR) is 123 cm³/mol. The third-order valence-corrected chi connectivity index (χ3v) is 6.27. The molecule has 1 aromatic carbocycles. The zero-order chi connectivity index (χ0) is 23.0. The van der Waals surface area contributed by atoms with Gasteiger partial charge in [-0.25, -0.2) is 15.0 Å². The Bertz CT molecular complexity index is 1210. The van der Waals surface area contributed by atoms with E-state index >= 15 is 0 Å². The molecule has 1 N–H and O–H groups in total. The van der Waals surface area contributed by atoms with Crippen LogP contribution in [0.2, 0.25) is 0 Å². The van der Waals surface area contributed by atoms with Crippen LogP contribution in [-0.2, 0) is 11.2 Å². The van der Waals surface area contributed by atoms with E-state index in [1.807, 2.05) is 12.1 Å². The smallest absolute Gasteiger partial charge is 0.251 e. The first-order chi connectivity index (χ1) is 15.9. The quantitative estimate of drug-likeness (QED) is 0.664. The zero-order valence-corrected chi connectivity index (χ0v) is 18.8. The molecule has 1 atom stereocenters. The van der Waals surface area contributed by atoms with Crippen LogP contribution in [0.25, 0.3) is 11.5 Å². The third-order valence-electron chi connectivity index (χ3n) is 6.27. The van der Waals surface area contributed by atoms with E-state index in [-0.39, 0.29) is 23.3 Å². The number of rotatable bonds is 4. The van der Waals surface area contributed by atoms with E-state index in [2.05, 4.69) is 34.1 Å². The average Bonchev–Trinajstić information content (AvgIpc) is 3.24. The molecule has 5 rings (SSSR count). The number of carbonyl (C=O) groups excluding carboxylic acids is 2. The van der Waals surface area contributed by atoms with Crippen LogP contribution in [0.15, 0.2) is 49.1 Å². The Morgan fingerprint density at radius 1 is 1.18 bits per heavy atom. The van der Waals surface area contributed by atoms with E-state index in [1.165, 1.54) is 0 Å². The number of hydrogen-bond donors (Lipinski definition) is 1. The molecule has 0 saturated carbocycles. The van der Waals surface area contributed by atoms with E-state index in [0.29, 0.717) is 30.0 Å². The molecule has 33 heavy (non-hydrogen) atoms. The average molecular weight is 443 g/mol. The maximum atomic E-state index is 13.2. The Hall–Kier alpha value is -3.68. The lowest BCUT2D eigenvalue weighted by molar-refractivity contribution is -0.117. The molecule has 0 radical (unpaired) electrons. The number of fused-ring (bicyclic) bond motifs is 1. The summed E-state index contributed by atoms with van der Waals surface area (Å²) in [4.78, 5) is 44.7. The summed E-state index contributed by atoms with van der Waals surface area (Å²) in [7, 11) is 0. The van der Waals surface area contributed by atoms with Gasteiger partial charge >= 0.3 is 0 Å². The van der Waals surface area contributed by atoms with Crippen molar-refractivity contribution in [2.24, 2.45) is 5.41 Å². The molecular formula is C25H26N6O2. The van der Waals surface area contributed by atoms with Crippen molar-refractivity contribution in [3.8, 4) is 11.5 Å². The van der Waals surface area contributed by atoms with Crippen molar-refractivity contribution in [1.82, 2.24) is 25.3 Å². The van der Waals surface area contributed by atoms with Gasteiger partial charge in [-0.1, -0.05) is 19.9 Å². The minimum atomic E-state index is -0.204. The van der Waals surface area contributed by atoms with Crippen LogP contribution in [0.4, 0.5) is 5.69 Å². The highest BCUT2D eigenvalue weighted by Gasteiger charge is 2.35.